The number of hydrogen-bond donors (Lipinski definition) is 1. The molecule has 0 spiro atoms. The molecule has 146 valence electrons. The molecule has 3 aliphatic rings. The molecule has 0 saturated carbocycles. The molecule has 2 aromatic heterocycles. The fourth-order valence-electron chi connectivity index (χ4n) is 5.16. The van der Waals surface area contributed by atoms with Crippen molar-refractivity contribution in [1.82, 2.24) is 19.8 Å². The van der Waals surface area contributed by atoms with Crippen LogP contribution in [0.4, 0.5) is 0 Å². The van der Waals surface area contributed by atoms with Crippen LogP contribution in [0.1, 0.15) is 30.9 Å². The van der Waals surface area contributed by atoms with Gasteiger partial charge in [0.1, 0.15) is 0 Å². The Hall–Kier alpha value is -2.47. The molecule has 5 rings (SSSR count). The standard InChI is InChI=1S/C22H26N4O2/c27-21-9-18(16-3-1-5-23-10-16)8-20-19-7-15(13-26(20)21)12-25(14-19)22(28)17-4-2-6-24-11-17/h1,3,5,8-10,15,17,19,24H,2,4,6-7,11-14H2/t15-,17-,19+/m0/s1. The van der Waals surface area contributed by atoms with E-state index in [1.165, 1.54) is 0 Å². The predicted octanol–water partition coefficient (Wildman–Crippen LogP) is 1.86. The number of nitrogens with one attached hydrogen (secondary N) is 1. The highest BCUT2D eigenvalue weighted by atomic mass is 16.2. The van der Waals surface area contributed by atoms with Crippen molar-refractivity contribution < 1.29 is 4.79 Å². The Bertz CT molecular complexity index is 933. The molecule has 0 radical (unpaired) electrons. The SMILES string of the molecule is O=C([C@H]1CCCNC1)N1C[C@@H]2C[C@H](C1)c1cc(-c3cccnc3)cc(=O)n1C2. The molecule has 2 bridgehead atoms. The van der Waals surface area contributed by atoms with Gasteiger partial charge >= 0.3 is 0 Å². The van der Waals surface area contributed by atoms with Gasteiger partial charge < -0.3 is 14.8 Å². The Morgan fingerprint density at radius 3 is 2.89 bits per heavy atom. The molecule has 1 amide bonds. The van der Waals surface area contributed by atoms with Crippen molar-refractivity contribution >= 4 is 5.91 Å². The first-order valence-corrected chi connectivity index (χ1v) is 10.3. The van der Waals surface area contributed by atoms with Crippen molar-refractivity contribution in [3.63, 3.8) is 0 Å². The summed E-state index contributed by atoms with van der Waals surface area (Å²) in [6, 6.07) is 7.73. The van der Waals surface area contributed by atoms with Gasteiger partial charge in [-0.1, -0.05) is 6.07 Å². The van der Waals surface area contributed by atoms with Crippen molar-refractivity contribution in [3.8, 4) is 11.1 Å². The van der Waals surface area contributed by atoms with Crippen molar-refractivity contribution in [2.45, 2.75) is 31.7 Å². The maximum absolute atomic E-state index is 13.1. The van der Waals surface area contributed by atoms with E-state index in [0.717, 1.165) is 62.3 Å². The predicted molar refractivity (Wildman–Crippen MR) is 107 cm³/mol. The second kappa shape index (κ2) is 7.17. The number of carbonyl (C=O) groups excluding carboxylic acids is 1. The zero-order valence-corrected chi connectivity index (χ0v) is 16.0. The number of pyridine rings is 2. The molecule has 3 atom stereocenters. The summed E-state index contributed by atoms with van der Waals surface area (Å²) >= 11 is 0. The molecular formula is C22H26N4O2. The minimum absolute atomic E-state index is 0.0577. The topological polar surface area (TPSA) is 67.2 Å². The normalized spacial score (nSPS) is 26.6. The van der Waals surface area contributed by atoms with Gasteiger partial charge in [-0.2, -0.15) is 0 Å². The number of likely N-dealkylation sites (tertiary alicyclic amines) is 1. The fourth-order valence-corrected chi connectivity index (χ4v) is 5.16. The summed E-state index contributed by atoms with van der Waals surface area (Å²) in [5, 5.41) is 3.36. The molecule has 6 nitrogen and oxygen atoms in total. The van der Waals surface area contributed by atoms with Gasteiger partial charge in [0, 0.05) is 61.8 Å². The minimum atomic E-state index is 0.0577. The van der Waals surface area contributed by atoms with Crippen LogP contribution in [0.3, 0.4) is 0 Å². The van der Waals surface area contributed by atoms with Crippen LogP contribution < -0.4 is 10.9 Å². The van der Waals surface area contributed by atoms with E-state index in [1.807, 2.05) is 16.7 Å². The van der Waals surface area contributed by atoms with E-state index in [0.29, 0.717) is 18.4 Å². The zero-order chi connectivity index (χ0) is 19.1. The number of hydrogen-bond acceptors (Lipinski definition) is 4. The van der Waals surface area contributed by atoms with Gasteiger partial charge in [0.25, 0.3) is 5.56 Å². The Morgan fingerprint density at radius 2 is 2.11 bits per heavy atom. The van der Waals surface area contributed by atoms with E-state index >= 15 is 0 Å². The first-order chi connectivity index (χ1) is 13.7. The van der Waals surface area contributed by atoms with E-state index in [4.69, 9.17) is 0 Å². The monoisotopic (exact) mass is 378 g/mol. The summed E-state index contributed by atoms with van der Waals surface area (Å²) in [6.45, 7) is 4.03. The van der Waals surface area contributed by atoms with Crippen LogP contribution in [0.5, 0.6) is 0 Å². The van der Waals surface area contributed by atoms with Crippen LogP contribution in [0.2, 0.25) is 0 Å². The number of aromatic nitrogens is 2. The lowest BCUT2D eigenvalue weighted by Gasteiger charge is -2.44. The average Bonchev–Trinajstić information content (AvgIpc) is 2.75. The Labute approximate surface area is 164 Å². The van der Waals surface area contributed by atoms with Gasteiger partial charge in [0.15, 0.2) is 0 Å². The van der Waals surface area contributed by atoms with Crippen molar-refractivity contribution in [2.24, 2.45) is 11.8 Å². The van der Waals surface area contributed by atoms with Gasteiger partial charge in [-0.15, -0.1) is 0 Å². The van der Waals surface area contributed by atoms with Crippen LogP contribution in [0.25, 0.3) is 11.1 Å². The molecule has 1 N–H and O–H groups in total. The molecule has 2 saturated heterocycles. The highest BCUT2D eigenvalue weighted by molar-refractivity contribution is 5.79. The number of carbonyl (C=O) groups is 1. The van der Waals surface area contributed by atoms with E-state index in [9.17, 15) is 9.59 Å². The third-order valence-electron chi connectivity index (χ3n) is 6.51. The molecule has 0 aromatic carbocycles. The number of rotatable bonds is 2. The van der Waals surface area contributed by atoms with E-state index in [2.05, 4.69) is 21.3 Å². The zero-order valence-electron chi connectivity index (χ0n) is 16.0. The van der Waals surface area contributed by atoms with E-state index in [1.54, 1.807) is 18.5 Å². The van der Waals surface area contributed by atoms with Crippen LogP contribution in [0, 0.1) is 11.8 Å². The summed E-state index contributed by atoms with van der Waals surface area (Å²) in [7, 11) is 0. The summed E-state index contributed by atoms with van der Waals surface area (Å²) in [6.07, 6.45) is 6.65. The minimum Gasteiger partial charge on any atom is -0.341 e. The highest BCUT2D eigenvalue weighted by Gasteiger charge is 2.38. The molecule has 3 aliphatic heterocycles. The largest absolute Gasteiger partial charge is 0.341 e. The summed E-state index contributed by atoms with van der Waals surface area (Å²) in [5.41, 5.74) is 3.01. The molecule has 2 aromatic rings. The van der Waals surface area contributed by atoms with Crippen molar-refractivity contribution in [1.29, 1.82) is 0 Å². The number of fused-ring (bicyclic) bond motifs is 4. The lowest BCUT2D eigenvalue weighted by Crippen LogP contribution is -2.52. The second-order valence-corrected chi connectivity index (χ2v) is 8.44. The average molecular weight is 378 g/mol. The fraction of sp³-hybridized carbons (Fsp3) is 0.500. The molecule has 0 aliphatic carbocycles. The smallest absolute Gasteiger partial charge is 0.251 e. The van der Waals surface area contributed by atoms with Gasteiger partial charge in [0.05, 0.1) is 5.92 Å². The Kier molecular flexibility index (Phi) is 4.51. The maximum atomic E-state index is 13.1. The van der Waals surface area contributed by atoms with Crippen LogP contribution in [-0.4, -0.2) is 46.5 Å². The molecule has 5 heterocycles. The lowest BCUT2D eigenvalue weighted by atomic mass is 9.81. The van der Waals surface area contributed by atoms with Crippen molar-refractivity contribution in [2.75, 3.05) is 26.2 Å². The molecule has 28 heavy (non-hydrogen) atoms. The van der Waals surface area contributed by atoms with Gasteiger partial charge in [0.2, 0.25) is 5.91 Å². The van der Waals surface area contributed by atoms with Gasteiger partial charge in [-0.25, -0.2) is 0 Å². The summed E-state index contributed by atoms with van der Waals surface area (Å²) in [5.74, 6) is 1.00. The van der Waals surface area contributed by atoms with E-state index < -0.39 is 0 Å². The van der Waals surface area contributed by atoms with Crippen LogP contribution in [0.15, 0.2) is 41.5 Å². The first-order valence-electron chi connectivity index (χ1n) is 10.3. The highest BCUT2D eigenvalue weighted by Crippen LogP contribution is 2.37. The maximum Gasteiger partial charge on any atom is 0.251 e. The number of piperidine rings is 2. The van der Waals surface area contributed by atoms with Gasteiger partial charge in [-0.05, 0) is 49.4 Å². The first kappa shape index (κ1) is 17.6. The number of amides is 1. The second-order valence-electron chi connectivity index (χ2n) is 8.44. The van der Waals surface area contributed by atoms with Crippen LogP contribution in [-0.2, 0) is 11.3 Å². The van der Waals surface area contributed by atoms with Crippen molar-refractivity contribution in [3.05, 3.63) is 52.7 Å². The molecular weight excluding hydrogens is 352 g/mol. The number of nitrogens with zero attached hydrogens (tertiary/aromatic N) is 3. The molecule has 2 fully saturated rings. The quantitative estimate of drug-likeness (QED) is 0.866. The summed E-state index contributed by atoms with van der Waals surface area (Å²) in [4.78, 5) is 32.1. The van der Waals surface area contributed by atoms with E-state index in [-0.39, 0.29) is 17.4 Å². The third kappa shape index (κ3) is 3.15. The summed E-state index contributed by atoms with van der Waals surface area (Å²) < 4.78 is 1.93. The third-order valence-corrected chi connectivity index (χ3v) is 6.51. The van der Waals surface area contributed by atoms with Crippen LogP contribution >= 0.6 is 0 Å². The Morgan fingerprint density at radius 1 is 1.18 bits per heavy atom. The van der Waals surface area contributed by atoms with Gasteiger partial charge in [-0.3, -0.25) is 14.6 Å². The Balaban J connectivity index is 1.44. The lowest BCUT2D eigenvalue weighted by molar-refractivity contribution is -0.138. The molecule has 0 unspecified atom stereocenters. The molecule has 6 heteroatoms.